The Labute approximate surface area is 196 Å². The van der Waals surface area contributed by atoms with Crippen molar-refractivity contribution in [2.75, 3.05) is 33.0 Å². The summed E-state index contributed by atoms with van der Waals surface area (Å²) in [5, 5.41) is 0. The molecule has 5 rings (SSSR count). The quantitative estimate of drug-likeness (QED) is 0.544. The van der Waals surface area contributed by atoms with Crippen LogP contribution in [0, 0.1) is 11.6 Å². The number of ether oxygens (including phenoxy) is 3. The number of carbonyl (C=O) groups is 1. The lowest BCUT2D eigenvalue weighted by Crippen LogP contribution is -2.48. The van der Waals surface area contributed by atoms with Gasteiger partial charge >= 0.3 is 0 Å². The fourth-order valence-corrected chi connectivity index (χ4v) is 4.14. The molecule has 1 saturated heterocycles. The summed E-state index contributed by atoms with van der Waals surface area (Å²) < 4.78 is 43.1. The number of hydrogen-bond acceptors (Lipinski definition) is 5. The van der Waals surface area contributed by atoms with E-state index in [2.05, 4.69) is 4.90 Å². The predicted molar refractivity (Wildman–Crippen MR) is 121 cm³/mol. The van der Waals surface area contributed by atoms with E-state index in [4.69, 9.17) is 14.2 Å². The highest BCUT2D eigenvalue weighted by molar-refractivity contribution is 5.94. The van der Waals surface area contributed by atoms with Crippen molar-refractivity contribution >= 4 is 5.91 Å². The number of nitrogens with zero attached hydrogens (tertiary/aromatic N) is 2. The van der Waals surface area contributed by atoms with E-state index in [1.807, 2.05) is 29.2 Å². The van der Waals surface area contributed by atoms with Gasteiger partial charge in [-0.05, 0) is 47.5 Å². The normalized spacial score (nSPS) is 15.4. The third-order valence-electron chi connectivity index (χ3n) is 5.96. The van der Waals surface area contributed by atoms with E-state index < -0.39 is 11.6 Å². The van der Waals surface area contributed by atoms with Crippen molar-refractivity contribution in [3.05, 3.63) is 89.0 Å². The van der Waals surface area contributed by atoms with E-state index in [0.29, 0.717) is 18.7 Å². The molecule has 1 fully saturated rings. The Hall–Kier alpha value is -3.65. The lowest BCUT2D eigenvalue weighted by molar-refractivity contribution is 0.0628. The first kappa shape index (κ1) is 22.2. The monoisotopic (exact) mass is 466 g/mol. The second kappa shape index (κ2) is 9.69. The molecule has 176 valence electrons. The van der Waals surface area contributed by atoms with E-state index >= 15 is 0 Å². The second-order valence-electron chi connectivity index (χ2n) is 8.32. The number of halogens is 2. The molecule has 0 aromatic heterocycles. The minimum absolute atomic E-state index is 0.0308. The summed E-state index contributed by atoms with van der Waals surface area (Å²) >= 11 is 0. The van der Waals surface area contributed by atoms with Gasteiger partial charge in [0.2, 0.25) is 6.79 Å². The summed E-state index contributed by atoms with van der Waals surface area (Å²) in [6, 6.07) is 16.3. The van der Waals surface area contributed by atoms with Crippen LogP contribution in [0.3, 0.4) is 0 Å². The molecule has 2 heterocycles. The predicted octanol–water partition coefficient (Wildman–Crippen LogP) is 4.23. The lowest BCUT2D eigenvalue weighted by Gasteiger charge is -2.34. The van der Waals surface area contributed by atoms with Gasteiger partial charge in [-0.2, -0.15) is 0 Å². The fraction of sp³-hybridized carbons (Fsp3) is 0.269. The Kier molecular flexibility index (Phi) is 6.31. The molecule has 0 unspecified atom stereocenters. The second-order valence-corrected chi connectivity index (χ2v) is 8.32. The number of benzene rings is 3. The molecular weight excluding hydrogens is 442 g/mol. The first-order valence-electron chi connectivity index (χ1n) is 11.1. The van der Waals surface area contributed by atoms with Crippen LogP contribution in [-0.2, 0) is 13.2 Å². The zero-order chi connectivity index (χ0) is 23.5. The molecule has 8 heteroatoms. The molecule has 2 aliphatic heterocycles. The van der Waals surface area contributed by atoms with Gasteiger partial charge in [0.05, 0.1) is 0 Å². The molecule has 2 aliphatic rings. The smallest absolute Gasteiger partial charge is 0.253 e. The first-order chi connectivity index (χ1) is 16.5. The van der Waals surface area contributed by atoms with Crippen molar-refractivity contribution in [1.29, 1.82) is 0 Å². The van der Waals surface area contributed by atoms with Crippen molar-refractivity contribution in [2.24, 2.45) is 0 Å². The van der Waals surface area contributed by atoms with Crippen LogP contribution in [0.25, 0.3) is 0 Å². The number of hydrogen-bond donors (Lipinski definition) is 0. The number of amides is 1. The van der Waals surface area contributed by atoms with Gasteiger partial charge in [0.25, 0.3) is 5.91 Å². The molecule has 0 N–H and O–H groups in total. The molecule has 34 heavy (non-hydrogen) atoms. The third-order valence-corrected chi connectivity index (χ3v) is 5.96. The maximum Gasteiger partial charge on any atom is 0.253 e. The molecule has 1 amide bonds. The molecular formula is C26H24F2N2O4. The van der Waals surface area contributed by atoms with Gasteiger partial charge in [-0.25, -0.2) is 8.78 Å². The minimum Gasteiger partial charge on any atom is -0.486 e. The summed E-state index contributed by atoms with van der Waals surface area (Å²) in [5.74, 6) is 0.0560. The Morgan fingerprint density at radius 2 is 1.71 bits per heavy atom. The summed E-state index contributed by atoms with van der Waals surface area (Å²) in [5.41, 5.74) is 2.44. The van der Waals surface area contributed by atoms with E-state index in [1.165, 1.54) is 6.07 Å². The van der Waals surface area contributed by atoms with Crippen LogP contribution in [-0.4, -0.2) is 48.7 Å². The van der Waals surface area contributed by atoms with Crippen LogP contribution in [0.4, 0.5) is 8.78 Å². The van der Waals surface area contributed by atoms with Gasteiger partial charge in [-0.1, -0.05) is 18.2 Å². The van der Waals surface area contributed by atoms with Crippen LogP contribution >= 0.6 is 0 Å². The van der Waals surface area contributed by atoms with E-state index in [9.17, 15) is 13.6 Å². The van der Waals surface area contributed by atoms with Gasteiger partial charge in [-0.15, -0.1) is 0 Å². The number of carbonyl (C=O) groups excluding carboxylic acids is 1. The van der Waals surface area contributed by atoms with Crippen molar-refractivity contribution in [1.82, 2.24) is 9.80 Å². The number of piperazine rings is 1. The van der Waals surface area contributed by atoms with Crippen LogP contribution in [0.15, 0.2) is 60.7 Å². The third kappa shape index (κ3) is 4.97. The average molecular weight is 466 g/mol. The highest BCUT2D eigenvalue weighted by Gasteiger charge is 2.23. The number of rotatable bonds is 6. The fourth-order valence-electron chi connectivity index (χ4n) is 4.14. The van der Waals surface area contributed by atoms with Crippen LogP contribution in [0.5, 0.6) is 17.2 Å². The lowest BCUT2D eigenvalue weighted by atomic mass is 10.1. The Morgan fingerprint density at radius 3 is 2.53 bits per heavy atom. The van der Waals surface area contributed by atoms with Gasteiger partial charge in [0, 0.05) is 44.4 Å². The van der Waals surface area contributed by atoms with E-state index in [-0.39, 0.29) is 25.1 Å². The van der Waals surface area contributed by atoms with Crippen LogP contribution in [0.2, 0.25) is 0 Å². The molecule has 0 saturated carbocycles. The summed E-state index contributed by atoms with van der Waals surface area (Å²) in [4.78, 5) is 17.2. The SMILES string of the molecule is O=C(c1cccc(COc2ccc(F)cc2F)c1)N1CCN(Cc2ccc3c(c2)OCO3)CC1. The van der Waals surface area contributed by atoms with Crippen molar-refractivity contribution < 1.29 is 27.8 Å². The summed E-state index contributed by atoms with van der Waals surface area (Å²) in [6.45, 7) is 3.92. The summed E-state index contributed by atoms with van der Waals surface area (Å²) in [6.07, 6.45) is 0. The Bertz CT molecular complexity index is 1200. The topological polar surface area (TPSA) is 51.2 Å². The van der Waals surface area contributed by atoms with Gasteiger partial charge in [0.15, 0.2) is 23.1 Å². The largest absolute Gasteiger partial charge is 0.486 e. The standard InChI is InChI=1S/C26H24F2N2O4/c27-21-5-7-23(22(28)14-21)32-16-19-2-1-3-20(12-19)26(31)30-10-8-29(9-11-30)15-18-4-6-24-25(13-18)34-17-33-24/h1-7,12-14H,8-11,15-17H2. The highest BCUT2D eigenvalue weighted by atomic mass is 19.1. The zero-order valence-corrected chi connectivity index (χ0v) is 18.5. The maximum atomic E-state index is 13.8. The molecule has 6 nitrogen and oxygen atoms in total. The van der Waals surface area contributed by atoms with Crippen molar-refractivity contribution in [3.63, 3.8) is 0 Å². The first-order valence-corrected chi connectivity index (χ1v) is 11.1. The zero-order valence-electron chi connectivity index (χ0n) is 18.5. The molecule has 0 radical (unpaired) electrons. The van der Waals surface area contributed by atoms with Crippen LogP contribution in [0.1, 0.15) is 21.5 Å². The van der Waals surface area contributed by atoms with Crippen molar-refractivity contribution in [3.8, 4) is 17.2 Å². The Balaban J connectivity index is 1.15. The van der Waals surface area contributed by atoms with Crippen LogP contribution < -0.4 is 14.2 Å². The van der Waals surface area contributed by atoms with E-state index in [0.717, 1.165) is 54.4 Å². The highest BCUT2D eigenvalue weighted by Crippen LogP contribution is 2.33. The van der Waals surface area contributed by atoms with E-state index in [1.54, 1.807) is 18.2 Å². The van der Waals surface area contributed by atoms with Gasteiger partial charge in [0.1, 0.15) is 12.4 Å². The molecule has 3 aromatic rings. The van der Waals surface area contributed by atoms with Gasteiger partial charge < -0.3 is 19.1 Å². The molecule has 0 bridgehead atoms. The molecule has 0 atom stereocenters. The minimum atomic E-state index is -0.758. The van der Waals surface area contributed by atoms with Crippen molar-refractivity contribution in [2.45, 2.75) is 13.2 Å². The molecule has 0 spiro atoms. The number of fused-ring (bicyclic) bond motifs is 1. The maximum absolute atomic E-state index is 13.8. The molecule has 3 aromatic carbocycles. The Morgan fingerprint density at radius 1 is 0.882 bits per heavy atom. The summed E-state index contributed by atoms with van der Waals surface area (Å²) in [7, 11) is 0. The molecule has 0 aliphatic carbocycles. The average Bonchev–Trinajstić information content (AvgIpc) is 3.32. The van der Waals surface area contributed by atoms with Gasteiger partial charge in [-0.3, -0.25) is 9.69 Å².